The molecule has 0 amide bonds. The van der Waals surface area contributed by atoms with Gasteiger partial charge in [-0.25, -0.2) is 9.18 Å². The van der Waals surface area contributed by atoms with Gasteiger partial charge in [0.15, 0.2) is 0 Å². The Morgan fingerprint density at radius 2 is 1.89 bits per heavy atom. The lowest BCUT2D eigenvalue weighted by molar-refractivity contribution is 0.00659. The number of hydrogen-bond donors (Lipinski definition) is 1. The van der Waals surface area contributed by atoms with Crippen LogP contribution in [0.3, 0.4) is 0 Å². The molecule has 0 aliphatic heterocycles. The minimum atomic E-state index is -1.64. The number of hydrogen-bond acceptors (Lipinski definition) is 6. The molecule has 1 heterocycles. The largest absolute Gasteiger partial charge is 0.506 e. The highest BCUT2D eigenvalue weighted by Crippen LogP contribution is 2.36. The van der Waals surface area contributed by atoms with E-state index >= 15 is 0 Å². The molecule has 1 atom stereocenters. The van der Waals surface area contributed by atoms with Gasteiger partial charge in [0.1, 0.15) is 22.7 Å². The number of ether oxygens (including phenoxy) is 1. The fourth-order valence-corrected chi connectivity index (χ4v) is 5.14. The Hall–Kier alpha value is -3.23. The molecule has 2 aromatic carbocycles. The minimum Gasteiger partial charge on any atom is -0.506 e. The fourth-order valence-electron chi connectivity index (χ4n) is 3.85. The van der Waals surface area contributed by atoms with E-state index in [1.807, 2.05) is 6.08 Å². The van der Waals surface area contributed by atoms with Crippen LogP contribution in [0.15, 0.2) is 64.3 Å². The predicted octanol–water partition coefficient (Wildman–Crippen LogP) is 6.41. The van der Waals surface area contributed by atoms with Crippen LogP contribution in [0, 0.1) is 5.82 Å². The molecule has 3 aromatic rings. The third-order valence-electron chi connectivity index (χ3n) is 5.76. The maximum atomic E-state index is 14.1. The van der Waals surface area contributed by atoms with Crippen LogP contribution >= 0.6 is 0 Å². The molecule has 0 spiro atoms. The maximum Gasteiger partial charge on any atom is 0.342 e. The third kappa shape index (κ3) is 7.40. The number of phenols is 1. The van der Waals surface area contributed by atoms with Gasteiger partial charge in [-0.3, -0.25) is 4.21 Å². The number of rotatable bonds is 10. The molecule has 0 saturated carbocycles. The van der Waals surface area contributed by atoms with Crippen molar-refractivity contribution in [1.29, 1.82) is 0 Å². The molecule has 37 heavy (non-hydrogen) atoms. The zero-order valence-corrected chi connectivity index (χ0v) is 22.7. The van der Waals surface area contributed by atoms with Crippen LogP contribution in [-0.4, -0.2) is 45.4 Å². The van der Waals surface area contributed by atoms with Gasteiger partial charge in [0.05, 0.1) is 29.1 Å². The first kappa shape index (κ1) is 28.3. The number of carbonyl (C=O) groups is 1. The number of esters is 1. The average molecular weight is 528 g/mol. The standard InChI is InChI=1S/C29H34FNO5S/c1-6-31(7-2)15-8-9-20-17-23(30)11-13-25(20)37(34)19-22-10-12-24(21-14-16-35-18-21)27(32)26(22)28(33)36-29(3,4)5/h8-14,16-18,32H,6-7,15,19H2,1-5H3/b9-8-. The van der Waals surface area contributed by atoms with Gasteiger partial charge < -0.3 is 19.2 Å². The van der Waals surface area contributed by atoms with Gasteiger partial charge in [0.25, 0.3) is 0 Å². The summed E-state index contributed by atoms with van der Waals surface area (Å²) in [5.74, 6) is -1.50. The van der Waals surface area contributed by atoms with Crippen LogP contribution in [0.25, 0.3) is 17.2 Å². The molecule has 1 N–H and O–H groups in total. The molecular weight excluding hydrogens is 493 g/mol. The molecule has 3 rings (SSSR count). The molecule has 0 fully saturated rings. The molecule has 0 saturated heterocycles. The first-order valence-electron chi connectivity index (χ1n) is 12.2. The Labute approximate surface area is 220 Å². The van der Waals surface area contributed by atoms with Crippen molar-refractivity contribution in [3.63, 3.8) is 0 Å². The Morgan fingerprint density at radius 3 is 2.51 bits per heavy atom. The predicted molar refractivity (Wildman–Crippen MR) is 144 cm³/mol. The van der Waals surface area contributed by atoms with Gasteiger partial charge in [0, 0.05) is 22.6 Å². The van der Waals surface area contributed by atoms with Gasteiger partial charge in [-0.1, -0.05) is 38.1 Å². The monoisotopic (exact) mass is 527 g/mol. The smallest absolute Gasteiger partial charge is 0.342 e. The van der Waals surface area contributed by atoms with Crippen LogP contribution in [0.5, 0.6) is 5.75 Å². The number of aromatic hydroxyl groups is 1. The summed E-state index contributed by atoms with van der Waals surface area (Å²) in [5.41, 5.74) is 0.997. The van der Waals surface area contributed by atoms with E-state index in [1.54, 1.807) is 45.0 Å². The van der Waals surface area contributed by atoms with E-state index in [2.05, 4.69) is 18.7 Å². The summed E-state index contributed by atoms with van der Waals surface area (Å²) >= 11 is 0. The number of likely N-dealkylation sites (N-methyl/N-ethyl adjacent to an activating group) is 1. The number of phenolic OH excluding ortho intramolecular Hbond substituents is 1. The van der Waals surface area contributed by atoms with Crippen LogP contribution in [0.1, 0.15) is 56.1 Å². The highest BCUT2D eigenvalue weighted by molar-refractivity contribution is 7.84. The van der Waals surface area contributed by atoms with Crippen molar-refractivity contribution in [2.24, 2.45) is 0 Å². The van der Waals surface area contributed by atoms with Crippen molar-refractivity contribution in [3.05, 3.63) is 77.5 Å². The van der Waals surface area contributed by atoms with Crippen molar-refractivity contribution >= 4 is 22.8 Å². The lowest BCUT2D eigenvalue weighted by atomic mass is 9.99. The van der Waals surface area contributed by atoms with Gasteiger partial charge in [-0.15, -0.1) is 0 Å². The highest BCUT2D eigenvalue weighted by atomic mass is 32.2. The summed E-state index contributed by atoms with van der Waals surface area (Å²) < 4.78 is 38.3. The molecule has 1 unspecified atom stereocenters. The van der Waals surface area contributed by atoms with E-state index in [0.717, 1.165) is 13.1 Å². The van der Waals surface area contributed by atoms with Crippen molar-refractivity contribution in [3.8, 4) is 16.9 Å². The highest BCUT2D eigenvalue weighted by Gasteiger charge is 2.27. The molecule has 0 radical (unpaired) electrons. The fraction of sp³-hybridized carbons (Fsp3) is 0.345. The maximum absolute atomic E-state index is 14.1. The zero-order valence-electron chi connectivity index (χ0n) is 21.9. The Bertz CT molecular complexity index is 1270. The number of halogens is 1. The van der Waals surface area contributed by atoms with E-state index in [4.69, 9.17) is 9.15 Å². The minimum absolute atomic E-state index is 0.0530. The Balaban J connectivity index is 1.99. The normalized spacial score (nSPS) is 12.8. The molecule has 0 aliphatic carbocycles. The van der Waals surface area contributed by atoms with Crippen LogP contribution in [-0.2, 0) is 21.3 Å². The van der Waals surface area contributed by atoms with Gasteiger partial charge >= 0.3 is 5.97 Å². The van der Waals surface area contributed by atoms with Gasteiger partial charge in [-0.05, 0) is 69.3 Å². The molecule has 198 valence electrons. The van der Waals surface area contributed by atoms with Crippen LogP contribution in [0.4, 0.5) is 4.39 Å². The van der Waals surface area contributed by atoms with Crippen molar-refractivity contribution in [2.75, 3.05) is 19.6 Å². The first-order valence-corrected chi connectivity index (χ1v) is 13.5. The molecule has 0 bridgehead atoms. The van der Waals surface area contributed by atoms with Gasteiger partial charge in [-0.2, -0.15) is 0 Å². The van der Waals surface area contributed by atoms with E-state index in [0.29, 0.717) is 33.7 Å². The molecule has 8 heteroatoms. The second-order valence-corrected chi connectivity index (χ2v) is 11.0. The third-order valence-corrected chi connectivity index (χ3v) is 7.19. The van der Waals surface area contributed by atoms with Crippen LogP contribution < -0.4 is 0 Å². The molecule has 1 aromatic heterocycles. The summed E-state index contributed by atoms with van der Waals surface area (Å²) in [6, 6.07) is 9.08. The van der Waals surface area contributed by atoms with E-state index < -0.39 is 28.2 Å². The molecular formula is C29H34FNO5S. The van der Waals surface area contributed by atoms with Crippen molar-refractivity contribution in [2.45, 2.75) is 50.9 Å². The average Bonchev–Trinajstić information content (AvgIpc) is 3.35. The lowest BCUT2D eigenvalue weighted by Gasteiger charge is -2.22. The lowest BCUT2D eigenvalue weighted by Crippen LogP contribution is -2.25. The van der Waals surface area contributed by atoms with Gasteiger partial charge in [0.2, 0.25) is 0 Å². The van der Waals surface area contributed by atoms with E-state index in [9.17, 15) is 18.5 Å². The van der Waals surface area contributed by atoms with E-state index in [1.165, 1.54) is 30.7 Å². The molecule has 6 nitrogen and oxygen atoms in total. The summed E-state index contributed by atoms with van der Waals surface area (Å²) in [5, 5.41) is 11.1. The second-order valence-electron chi connectivity index (χ2n) is 9.57. The number of nitrogens with zero attached hydrogens (tertiary/aromatic N) is 1. The summed E-state index contributed by atoms with van der Waals surface area (Å²) in [7, 11) is -1.64. The molecule has 0 aliphatic rings. The van der Waals surface area contributed by atoms with Crippen LogP contribution in [0.2, 0.25) is 0 Å². The number of carbonyl (C=O) groups excluding carboxylic acids is 1. The SMILES string of the molecule is CCN(CC)C/C=C\c1cc(F)ccc1S(=O)Cc1ccc(-c2ccoc2)c(O)c1C(=O)OC(C)(C)C. The summed E-state index contributed by atoms with van der Waals surface area (Å²) in [6.07, 6.45) is 6.61. The summed E-state index contributed by atoms with van der Waals surface area (Å²) in [6.45, 7) is 11.8. The number of benzene rings is 2. The zero-order chi connectivity index (χ0) is 27.2. The quantitative estimate of drug-likeness (QED) is 0.307. The summed E-state index contributed by atoms with van der Waals surface area (Å²) in [4.78, 5) is 15.8. The number of furan rings is 1. The van der Waals surface area contributed by atoms with E-state index in [-0.39, 0.29) is 17.1 Å². The Kier molecular flexibility index (Phi) is 9.45. The second kappa shape index (κ2) is 12.3. The topological polar surface area (TPSA) is 80.0 Å². The first-order chi connectivity index (χ1) is 17.5. The Morgan fingerprint density at radius 1 is 1.16 bits per heavy atom. The van der Waals surface area contributed by atoms with Crippen molar-refractivity contribution < 1.29 is 27.7 Å². The van der Waals surface area contributed by atoms with Crippen molar-refractivity contribution in [1.82, 2.24) is 4.90 Å².